The minimum absolute atomic E-state index is 0.226. The Morgan fingerprint density at radius 1 is 1.06 bits per heavy atom. The molecular formula is C23H22N4O4. The van der Waals surface area contributed by atoms with Gasteiger partial charge in [0, 0.05) is 6.54 Å². The van der Waals surface area contributed by atoms with Gasteiger partial charge in [-0.15, -0.1) is 0 Å². The van der Waals surface area contributed by atoms with E-state index in [4.69, 9.17) is 4.74 Å². The molecule has 0 atom stereocenters. The predicted molar refractivity (Wildman–Crippen MR) is 117 cm³/mol. The van der Waals surface area contributed by atoms with E-state index in [9.17, 15) is 14.4 Å². The second kappa shape index (κ2) is 8.06. The van der Waals surface area contributed by atoms with Crippen molar-refractivity contribution in [3.05, 3.63) is 92.4 Å². The lowest BCUT2D eigenvalue weighted by Gasteiger charge is -2.13. The van der Waals surface area contributed by atoms with Gasteiger partial charge >= 0.3 is 11.7 Å². The molecule has 0 aliphatic heterocycles. The summed E-state index contributed by atoms with van der Waals surface area (Å²) in [7, 11) is 1.33. The van der Waals surface area contributed by atoms with E-state index in [1.165, 1.54) is 22.6 Å². The Morgan fingerprint density at radius 2 is 1.77 bits per heavy atom. The number of esters is 1. The Bertz CT molecular complexity index is 1390. The van der Waals surface area contributed by atoms with Crippen molar-refractivity contribution in [1.82, 2.24) is 18.7 Å². The quantitative estimate of drug-likeness (QED) is 0.465. The van der Waals surface area contributed by atoms with Crippen LogP contribution in [0.1, 0.15) is 28.4 Å². The van der Waals surface area contributed by atoms with Crippen LogP contribution in [0.5, 0.6) is 0 Å². The van der Waals surface area contributed by atoms with Gasteiger partial charge in [0.25, 0.3) is 5.56 Å². The number of nitrogens with zero attached hydrogens (tertiary/aromatic N) is 4. The molecule has 0 aliphatic rings. The average molecular weight is 418 g/mol. The Hall–Kier alpha value is -3.94. The third-order valence-electron chi connectivity index (χ3n) is 5.27. The van der Waals surface area contributed by atoms with Crippen molar-refractivity contribution in [2.75, 3.05) is 7.11 Å². The molecule has 2 aromatic carbocycles. The number of ether oxygens (including phenoxy) is 1. The fourth-order valence-corrected chi connectivity index (χ4v) is 3.66. The number of methoxy groups -OCH3 is 1. The smallest absolute Gasteiger partial charge is 0.338 e. The maximum absolute atomic E-state index is 13.2. The van der Waals surface area contributed by atoms with Gasteiger partial charge < -0.3 is 9.30 Å². The highest BCUT2D eigenvalue weighted by Crippen LogP contribution is 2.17. The second-order valence-electron chi connectivity index (χ2n) is 7.20. The summed E-state index contributed by atoms with van der Waals surface area (Å²) >= 11 is 0. The van der Waals surface area contributed by atoms with Gasteiger partial charge in [0.1, 0.15) is 0 Å². The Balaban J connectivity index is 1.96. The van der Waals surface area contributed by atoms with Crippen LogP contribution in [0.15, 0.2) is 64.4 Å². The van der Waals surface area contributed by atoms with E-state index in [0.717, 1.165) is 5.56 Å². The van der Waals surface area contributed by atoms with E-state index >= 15 is 0 Å². The number of aromatic nitrogens is 4. The minimum Gasteiger partial charge on any atom is -0.465 e. The molecule has 158 valence electrons. The molecule has 31 heavy (non-hydrogen) atoms. The first-order valence-electron chi connectivity index (χ1n) is 9.90. The third-order valence-corrected chi connectivity index (χ3v) is 5.27. The van der Waals surface area contributed by atoms with E-state index in [2.05, 4.69) is 4.98 Å². The monoisotopic (exact) mass is 418 g/mol. The Morgan fingerprint density at radius 3 is 2.45 bits per heavy atom. The van der Waals surface area contributed by atoms with Crippen molar-refractivity contribution in [2.24, 2.45) is 0 Å². The first-order chi connectivity index (χ1) is 15.0. The summed E-state index contributed by atoms with van der Waals surface area (Å²) in [5, 5.41) is 0. The minimum atomic E-state index is -0.456. The summed E-state index contributed by atoms with van der Waals surface area (Å²) in [5.74, 6) is -0.456. The largest absolute Gasteiger partial charge is 0.465 e. The van der Waals surface area contributed by atoms with Crippen LogP contribution in [0.2, 0.25) is 0 Å². The molecule has 0 spiro atoms. The standard InChI is InChI=1S/C23H22N4O4/c1-4-26-21(28)19-20(27(23(26)30)17-11-9-15(2)10-12-17)24-14-25(19)13-16-7-5-6-8-18(16)22(29)31-3/h5-12,14H,4,13H2,1-3H3. The summed E-state index contributed by atoms with van der Waals surface area (Å²) in [4.78, 5) is 42.8. The number of imidazole rings is 1. The number of rotatable bonds is 5. The van der Waals surface area contributed by atoms with Crippen LogP contribution >= 0.6 is 0 Å². The highest BCUT2D eigenvalue weighted by atomic mass is 16.5. The molecule has 0 saturated heterocycles. The van der Waals surface area contributed by atoms with Crippen LogP contribution in [0, 0.1) is 6.92 Å². The van der Waals surface area contributed by atoms with Gasteiger partial charge in [-0.2, -0.15) is 0 Å². The van der Waals surface area contributed by atoms with Gasteiger partial charge in [0.15, 0.2) is 11.2 Å². The van der Waals surface area contributed by atoms with E-state index < -0.39 is 17.2 Å². The summed E-state index contributed by atoms with van der Waals surface area (Å²) in [6.07, 6.45) is 1.52. The van der Waals surface area contributed by atoms with Crippen molar-refractivity contribution < 1.29 is 9.53 Å². The first-order valence-corrected chi connectivity index (χ1v) is 9.90. The van der Waals surface area contributed by atoms with E-state index in [-0.39, 0.29) is 18.7 Å². The zero-order chi connectivity index (χ0) is 22.1. The summed E-state index contributed by atoms with van der Waals surface area (Å²) in [6.45, 7) is 4.17. The molecule has 0 amide bonds. The predicted octanol–water partition coefficient (Wildman–Crippen LogP) is 2.51. The van der Waals surface area contributed by atoms with Crippen LogP contribution in [0.25, 0.3) is 16.9 Å². The number of benzene rings is 2. The zero-order valence-corrected chi connectivity index (χ0v) is 17.5. The SMILES string of the molecule is CCn1c(=O)c2c(ncn2Cc2ccccc2C(=O)OC)n(-c2ccc(C)cc2)c1=O. The van der Waals surface area contributed by atoms with Crippen LogP contribution in [0.3, 0.4) is 0 Å². The maximum Gasteiger partial charge on any atom is 0.338 e. The second-order valence-corrected chi connectivity index (χ2v) is 7.20. The van der Waals surface area contributed by atoms with E-state index in [1.54, 1.807) is 29.7 Å². The maximum atomic E-state index is 13.2. The van der Waals surface area contributed by atoms with Crippen molar-refractivity contribution >= 4 is 17.1 Å². The number of hydrogen-bond acceptors (Lipinski definition) is 5. The Kier molecular flexibility index (Phi) is 5.29. The normalized spacial score (nSPS) is 11.1. The summed E-state index contributed by atoms with van der Waals surface area (Å²) < 4.78 is 9.17. The van der Waals surface area contributed by atoms with Gasteiger partial charge in [-0.1, -0.05) is 35.9 Å². The molecular weight excluding hydrogens is 396 g/mol. The zero-order valence-electron chi connectivity index (χ0n) is 17.5. The molecule has 8 nitrogen and oxygen atoms in total. The Labute approximate surface area is 178 Å². The van der Waals surface area contributed by atoms with Crippen LogP contribution in [0.4, 0.5) is 0 Å². The van der Waals surface area contributed by atoms with Gasteiger partial charge in [-0.25, -0.2) is 19.1 Å². The fraction of sp³-hybridized carbons (Fsp3) is 0.217. The molecule has 2 aromatic heterocycles. The summed E-state index contributed by atoms with van der Waals surface area (Å²) in [6, 6.07) is 14.5. The van der Waals surface area contributed by atoms with E-state index in [1.807, 2.05) is 37.3 Å². The average Bonchev–Trinajstić information content (AvgIpc) is 3.18. The van der Waals surface area contributed by atoms with Crippen LogP contribution in [-0.2, 0) is 17.8 Å². The van der Waals surface area contributed by atoms with Crippen molar-refractivity contribution in [3.63, 3.8) is 0 Å². The molecule has 2 heterocycles. The molecule has 0 aliphatic carbocycles. The lowest BCUT2D eigenvalue weighted by atomic mass is 10.1. The first kappa shape index (κ1) is 20.3. The number of hydrogen-bond donors (Lipinski definition) is 0. The van der Waals surface area contributed by atoms with E-state index in [0.29, 0.717) is 22.3 Å². The third kappa shape index (κ3) is 3.46. The van der Waals surface area contributed by atoms with Gasteiger partial charge in [-0.3, -0.25) is 9.36 Å². The molecule has 0 unspecified atom stereocenters. The number of aryl methyl sites for hydroxylation is 1. The van der Waals surface area contributed by atoms with Gasteiger partial charge in [0.05, 0.1) is 31.2 Å². The lowest BCUT2D eigenvalue weighted by Crippen LogP contribution is -2.39. The fourth-order valence-electron chi connectivity index (χ4n) is 3.66. The molecule has 0 radical (unpaired) electrons. The molecule has 0 bridgehead atoms. The molecule has 0 saturated carbocycles. The van der Waals surface area contributed by atoms with Crippen molar-refractivity contribution in [2.45, 2.75) is 26.9 Å². The molecule has 8 heteroatoms. The highest BCUT2D eigenvalue weighted by molar-refractivity contribution is 5.91. The summed E-state index contributed by atoms with van der Waals surface area (Å²) in [5.41, 5.74) is 2.49. The molecule has 0 fully saturated rings. The van der Waals surface area contributed by atoms with Crippen molar-refractivity contribution in [1.29, 1.82) is 0 Å². The number of fused-ring (bicyclic) bond motifs is 1. The number of carbonyl (C=O) groups excluding carboxylic acids is 1. The number of carbonyl (C=O) groups is 1. The topological polar surface area (TPSA) is 88.1 Å². The molecule has 0 N–H and O–H groups in total. The van der Waals surface area contributed by atoms with Crippen LogP contribution < -0.4 is 11.2 Å². The van der Waals surface area contributed by atoms with Gasteiger partial charge in [-0.05, 0) is 37.6 Å². The van der Waals surface area contributed by atoms with Crippen molar-refractivity contribution in [3.8, 4) is 5.69 Å². The van der Waals surface area contributed by atoms with Crippen LogP contribution in [-0.4, -0.2) is 31.8 Å². The molecule has 4 aromatic rings. The molecule has 4 rings (SSSR count). The highest BCUT2D eigenvalue weighted by Gasteiger charge is 2.20. The van der Waals surface area contributed by atoms with Gasteiger partial charge in [0.2, 0.25) is 0 Å². The lowest BCUT2D eigenvalue weighted by molar-refractivity contribution is 0.0599.